The van der Waals surface area contributed by atoms with Crippen LogP contribution in [0.5, 0.6) is 0 Å². The monoisotopic (exact) mass is 497 g/mol. The molecule has 1 N–H and O–H groups in total. The zero-order valence-electron chi connectivity index (χ0n) is 16.0. The lowest BCUT2D eigenvalue weighted by molar-refractivity contribution is 0.114. The maximum absolute atomic E-state index is 13.3. The fraction of sp³-hybridized carbons (Fsp3) is 0.632. The summed E-state index contributed by atoms with van der Waals surface area (Å²) in [5, 5.41) is 3.91. The Balaban J connectivity index is 0.00000338. The maximum atomic E-state index is 13.3. The highest BCUT2D eigenvalue weighted by molar-refractivity contribution is 14.0. The topological polar surface area (TPSA) is 36.9 Å². The summed E-state index contributed by atoms with van der Waals surface area (Å²) in [5.74, 6) is 1.13. The Labute approximate surface area is 178 Å². The zero-order chi connectivity index (χ0) is 18.4. The highest BCUT2D eigenvalue weighted by Gasteiger charge is 2.28. The molecule has 1 aromatic carbocycles. The van der Waals surface area contributed by atoms with Gasteiger partial charge in [0.05, 0.1) is 6.61 Å². The van der Waals surface area contributed by atoms with Gasteiger partial charge in [-0.2, -0.15) is 0 Å². The Kier molecular flexibility index (Phi) is 9.61. The molecule has 1 unspecified atom stereocenters. The molecule has 7 heteroatoms. The standard InChI is InChI=1S/C19H29ClFN3O.HI/c1-5-25-12-14-8-9-24(11-14)18(22-4)23-13-19(2,3)16-7-6-15(21)10-17(16)20;/h6-7,10,14H,5,8-9,11-13H2,1-4H3,(H,22,23);1H. The first-order valence-electron chi connectivity index (χ1n) is 8.86. The zero-order valence-corrected chi connectivity index (χ0v) is 19.1. The molecule has 1 atom stereocenters. The van der Waals surface area contributed by atoms with E-state index >= 15 is 0 Å². The molecule has 0 radical (unpaired) electrons. The van der Waals surface area contributed by atoms with Gasteiger partial charge < -0.3 is 15.0 Å². The minimum Gasteiger partial charge on any atom is -0.381 e. The third-order valence-electron chi connectivity index (χ3n) is 4.70. The molecule has 2 rings (SSSR count). The van der Waals surface area contributed by atoms with Crippen molar-refractivity contribution in [3.05, 3.63) is 34.6 Å². The summed E-state index contributed by atoms with van der Waals surface area (Å²) in [6.07, 6.45) is 1.12. The van der Waals surface area contributed by atoms with Crippen LogP contribution < -0.4 is 5.32 Å². The van der Waals surface area contributed by atoms with E-state index < -0.39 is 0 Å². The summed E-state index contributed by atoms with van der Waals surface area (Å²) >= 11 is 6.24. The second-order valence-corrected chi connectivity index (χ2v) is 7.58. The van der Waals surface area contributed by atoms with E-state index in [4.69, 9.17) is 16.3 Å². The average molecular weight is 498 g/mol. The summed E-state index contributed by atoms with van der Waals surface area (Å²) in [6.45, 7) is 10.4. The van der Waals surface area contributed by atoms with Crippen LogP contribution in [-0.2, 0) is 10.2 Å². The van der Waals surface area contributed by atoms with Crippen LogP contribution in [0.4, 0.5) is 4.39 Å². The number of likely N-dealkylation sites (tertiary alicyclic amines) is 1. The molecule has 1 fully saturated rings. The smallest absolute Gasteiger partial charge is 0.193 e. The molecule has 4 nitrogen and oxygen atoms in total. The Hall–Kier alpha value is -0.600. The van der Waals surface area contributed by atoms with Gasteiger partial charge in [0.2, 0.25) is 0 Å². The summed E-state index contributed by atoms with van der Waals surface area (Å²) < 4.78 is 18.8. The number of benzene rings is 1. The van der Waals surface area contributed by atoms with Crippen molar-refractivity contribution in [3.63, 3.8) is 0 Å². The average Bonchev–Trinajstić information content (AvgIpc) is 3.01. The van der Waals surface area contributed by atoms with Crippen LogP contribution in [0.2, 0.25) is 5.02 Å². The maximum Gasteiger partial charge on any atom is 0.193 e. The molecule has 1 aromatic rings. The summed E-state index contributed by atoms with van der Waals surface area (Å²) in [4.78, 5) is 6.69. The molecule has 148 valence electrons. The first-order valence-corrected chi connectivity index (χ1v) is 9.24. The predicted molar refractivity (Wildman–Crippen MR) is 117 cm³/mol. The summed E-state index contributed by atoms with van der Waals surface area (Å²) in [6, 6.07) is 4.58. The van der Waals surface area contributed by atoms with Crippen LogP contribution in [-0.4, -0.2) is 50.8 Å². The number of ether oxygens (including phenoxy) is 1. The van der Waals surface area contributed by atoms with Crippen LogP contribution in [0.3, 0.4) is 0 Å². The normalized spacial score (nSPS) is 18.0. The highest BCUT2D eigenvalue weighted by Crippen LogP contribution is 2.30. The third-order valence-corrected chi connectivity index (χ3v) is 5.02. The van der Waals surface area contributed by atoms with Crippen molar-refractivity contribution in [2.75, 3.05) is 39.9 Å². The molecular weight excluding hydrogens is 468 g/mol. The van der Waals surface area contributed by atoms with Crippen molar-refractivity contribution in [3.8, 4) is 0 Å². The van der Waals surface area contributed by atoms with Crippen LogP contribution in [0.1, 0.15) is 32.8 Å². The molecule has 0 aromatic heterocycles. The van der Waals surface area contributed by atoms with Crippen LogP contribution in [0.25, 0.3) is 0 Å². The van der Waals surface area contributed by atoms with Crippen molar-refractivity contribution in [2.24, 2.45) is 10.9 Å². The summed E-state index contributed by atoms with van der Waals surface area (Å²) in [5.41, 5.74) is 0.680. The first-order chi connectivity index (χ1) is 11.9. The lowest BCUT2D eigenvalue weighted by Gasteiger charge is -2.30. The lowest BCUT2D eigenvalue weighted by Crippen LogP contribution is -2.45. The minimum absolute atomic E-state index is 0. The second-order valence-electron chi connectivity index (χ2n) is 7.17. The van der Waals surface area contributed by atoms with Gasteiger partial charge in [-0.25, -0.2) is 4.39 Å². The van der Waals surface area contributed by atoms with Gasteiger partial charge in [0, 0.05) is 49.6 Å². The van der Waals surface area contributed by atoms with E-state index in [1.54, 1.807) is 13.1 Å². The molecule has 0 amide bonds. The van der Waals surface area contributed by atoms with Crippen molar-refractivity contribution in [2.45, 2.75) is 32.6 Å². The van der Waals surface area contributed by atoms with Crippen LogP contribution in [0.15, 0.2) is 23.2 Å². The van der Waals surface area contributed by atoms with Gasteiger partial charge in [-0.05, 0) is 31.0 Å². The van der Waals surface area contributed by atoms with Gasteiger partial charge in [0.1, 0.15) is 5.82 Å². The fourth-order valence-electron chi connectivity index (χ4n) is 3.21. The SMILES string of the molecule is CCOCC1CCN(C(=NC)NCC(C)(C)c2ccc(F)cc2Cl)C1.I. The Bertz CT molecular complexity index is 612. The number of hydrogen-bond acceptors (Lipinski definition) is 2. The van der Waals surface area contributed by atoms with E-state index in [1.165, 1.54) is 12.1 Å². The predicted octanol–water partition coefficient (Wildman–Crippen LogP) is 4.31. The number of hydrogen-bond donors (Lipinski definition) is 1. The summed E-state index contributed by atoms with van der Waals surface area (Å²) in [7, 11) is 1.80. The van der Waals surface area contributed by atoms with E-state index in [0.29, 0.717) is 17.5 Å². The van der Waals surface area contributed by atoms with Crippen LogP contribution in [0, 0.1) is 11.7 Å². The molecule has 0 spiro atoms. The lowest BCUT2D eigenvalue weighted by atomic mass is 9.84. The van der Waals surface area contributed by atoms with Crippen molar-refractivity contribution in [1.82, 2.24) is 10.2 Å². The van der Waals surface area contributed by atoms with Gasteiger partial charge >= 0.3 is 0 Å². The van der Waals surface area contributed by atoms with E-state index in [0.717, 1.165) is 44.2 Å². The highest BCUT2D eigenvalue weighted by atomic mass is 127. The molecule has 0 bridgehead atoms. The minimum atomic E-state index is -0.314. The number of guanidine groups is 1. The second kappa shape index (κ2) is 10.7. The fourth-order valence-corrected chi connectivity index (χ4v) is 3.63. The van der Waals surface area contributed by atoms with Gasteiger partial charge in [-0.3, -0.25) is 4.99 Å². The van der Waals surface area contributed by atoms with Crippen molar-refractivity contribution < 1.29 is 9.13 Å². The molecule has 0 saturated carbocycles. The van der Waals surface area contributed by atoms with Crippen molar-refractivity contribution >= 4 is 41.5 Å². The van der Waals surface area contributed by atoms with E-state index in [2.05, 4.69) is 29.1 Å². The third kappa shape index (κ3) is 6.23. The number of aliphatic imine (C=N–C) groups is 1. The number of halogens is 3. The largest absolute Gasteiger partial charge is 0.381 e. The molecular formula is C19H30ClFIN3O. The number of rotatable bonds is 6. The van der Waals surface area contributed by atoms with Gasteiger partial charge in [0.15, 0.2) is 5.96 Å². The van der Waals surface area contributed by atoms with Crippen LogP contribution >= 0.6 is 35.6 Å². The molecule has 1 heterocycles. The van der Waals surface area contributed by atoms with E-state index in [9.17, 15) is 4.39 Å². The molecule has 0 aliphatic carbocycles. The van der Waals surface area contributed by atoms with E-state index in [-0.39, 0.29) is 35.2 Å². The van der Waals surface area contributed by atoms with E-state index in [1.807, 2.05) is 6.92 Å². The van der Waals surface area contributed by atoms with Gasteiger partial charge in [-0.1, -0.05) is 31.5 Å². The molecule has 26 heavy (non-hydrogen) atoms. The van der Waals surface area contributed by atoms with Crippen molar-refractivity contribution in [1.29, 1.82) is 0 Å². The Morgan fingerprint density at radius 3 is 2.81 bits per heavy atom. The van der Waals surface area contributed by atoms with Gasteiger partial charge in [0.25, 0.3) is 0 Å². The molecule has 1 aliphatic rings. The number of nitrogens with one attached hydrogen (secondary N) is 1. The Morgan fingerprint density at radius 2 is 2.19 bits per heavy atom. The molecule has 1 aliphatic heterocycles. The number of nitrogens with zero attached hydrogens (tertiary/aromatic N) is 2. The van der Waals surface area contributed by atoms with Gasteiger partial charge in [-0.15, -0.1) is 24.0 Å². The Morgan fingerprint density at radius 1 is 1.46 bits per heavy atom. The first kappa shape index (κ1) is 23.4. The quantitative estimate of drug-likeness (QED) is 0.362. The molecule has 1 saturated heterocycles.